The SMILES string of the molecule is O=C(c1ccc(/C=C2\SC3CCCCC3N(Cc3ccc(F)cc3)C2=O)cc1)N1CCN(c2cccc(Cl)c2)CC1. The number of fused-ring (bicyclic) bond motifs is 1. The Bertz CT molecular complexity index is 1440. The summed E-state index contributed by atoms with van der Waals surface area (Å²) in [5.41, 5.74) is 3.56. The Balaban J connectivity index is 1.13. The quantitative estimate of drug-likeness (QED) is 0.305. The Hall–Kier alpha value is -3.29. The van der Waals surface area contributed by atoms with E-state index in [1.165, 1.54) is 18.6 Å². The van der Waals surface area contributed by atoms with Crippen molar-refractivity contribution in [1.29, 1.82) is 0 Å². The van der Waals surface area contributed by atoms with Gasteiger partial charge in [0.2, 0.25) is 0 Å². The molecule has 0 spiro atoms. The minimum Gasteiger partial charge on any atom is -0.368 e. The van der Waals surface area contributed by atoms with Gasteiger partial charge < -0.3 is 14.7 Å². The number of carbonyl (C=O) groups excluding carboxylic acids is 2. The van der Waals surface area contributed by atoms with Crippen molar-refractivity contribution < 1.29 is 14.0 Å². The van der Waals surface area contributed by atoms with Gasteiger partial charge in [-0.1, -0.05) is 54.8 Å². The van der Waals surface area contributed by atoms with Crippen molar-refractivity contribution in [2.24, 2.45) is 0 Å². The molecule has 3 aromatic carbocycles. The van der Waals surface area contributed by atoms with Crippen LogP contribution in [0.3, 0.4) is 0 Å². The second-order valence-corrected chi connectivity index (χ2v) is 12.7. The lowest BCUT2D eigenvalue weighted by Gasteiger charge is -2.44. The van der Waals surface area contributed by atoms with Crippen LogP contribution in [0.2, 0.25) is 5.02 Å². The van der Waals surface area contributed by atoms with Crippen molar-refractivity contribution in [1.82, 2.24) is 9.80 Å². The van der Waals surface area contributed by atoms with Crippen molar-refractivity contribution in [3.05, 3.63) is 105 Å². The highest BCUT2D eigenvalue weighted by Crippen LogP contribution is 2.42. The highest BCUT2D eigenvalue weighted by Gasteiger charge is 2.40. The van der Waals surface area contributed by atoms with Gasteiger partial charge in [0.1, 0.15) is 5.82 Å². The Morgan fingerprint density at radius 2 is 1.68 bits per heavy atom. The van der Waals surface area contributed by atoms with Crippen LogP contribution >= 0.6 is 23.4 Å². The number of nitrogens with zero attached hydrogens (tertiary/aromatic N) is 3. The van der Waals surface area contributed by atoms with E-state index in [4.69, 9.17) is 11.6 Å². The van der Waals surface area contributed by atoms with Crippen LogP contribution in [-0.2, 0) is 11.3 Å². The smallest absolute Gasteiger partial charge is 0.260 e. The molecule has 0 radical (unpaired) electrons. The zero-order valence-electron chi connectivity index (χ0n) is 22.8. The number of thioether (sulfide) groups is 1. The first kappa shape index (κ1) is 27.9. The summed E-state index contributed by atoms with van der Waals surface area (Å²) < 4.78 is 13.5. The molecule has 5 nitrogen and oxygen atoms in total. The van der Waals surface area contributed by atoms with Crippen LogP contribution in [0.4, 0.5) is 10.1 Å². The molecular weight excluding hydrogens is 557 g/mol. The minimum absolute atomic E-state index is 0.0218. The summed E-state index contributed by atoms with van der Waals surface area (Å²) in [6.45, 7) is 3.29. The Morgan fingerprint density at radius 1 is 0.951 bits per heavy atom. The number of halogens is 2. The molecule has 8 heteroatoms. The van der Waals surface area contributed by atoms with Gasteiger partial charge in [-0.2, -0.15) is 0 Å². The first-order valence-electron chi connectivity index (χ1n) is 14.3. The highest BCUT2D eigenvalue weighted by atomic mass is 35.5. The predicted molar refractivity (Wildman–Crippen MR) is 165 cm³/mol. The molecule has 1 saturated carbocycles. The standard InChI is InChI=1S/C33H33ClFN3O2S/c34-26-4-3-5-28(21-26)36-16-18-37(19-17-36)32(39)25-12-8-23(9-13-25)20-31-33(40)38(22-24-10-14-27(35)15-11-24)29-6-1-2-7-30(29)41-31/h3-5,8-15,20-21,29-30H,1-2,6-7,16-19,22H2/b31-20-. The maximum absolute atomic E-state index is 13.7. The fourth-order valence-electron chi connectivity index (χ4n) is 6.04. The number of benzene rings is 3. The van der Waals surface area contributed by atoms with Crippen LogP contribution < -0.4 is 4.90 Å². The molecule has 3 fully saturated rings. The first-order valence-corrected chi connectivity index (χ1v) is 15.5. The van der Waals surface area contributed by atoms with Gasteiger partial charge >= 0.3 is 0 Å². The van der Waals surface area contributed by atoms with E-state index in [0.717, 1.165) is 54.1 Å². The van der Waals surface area contributed by atoms with Crippen molar-refractivity contribution in [2.45, 2.75) is 43.5 Å². The molecule has 2 aliphatic heterocycles. The van der Waals surface area contributed by atoms with E-state index in [1.54, 1.807) is 23.9 Å². The summed E-state index contributed by atoms with van der Waals surface area (Å²) in [6.07, 6.45) is 6.33. The molecule has 1 aliphatic carbocycles. The third kappa shape index (κ3) is 6.31. The zero-order chi connectivity index (χ0) is 28.3. The van der Waals surface area contributed by atoms with E-state index in [2.05, 4.69) is 4.90 Å². The van der Waals surface area contributed by atoms with Crippen molar-refractivity contribution >= 4 is 46.9 Å². The number of hydrogen-bond donors (Lipinski definition) is 0. The van der Waals surface area contributed by atoms with Crippen LogP contribution in [0.25, 0.3) is 6.08 Å². The summed E-state index contributed by atoms with van der Waals surface area (Å²) in [4.78, 5) is 33.8. The fraction of sp³-hybridized carbons (Fsp3) is 0.333. The van der Waals surface area contributed by atoms with Crippen LogP contribution in [0.5, 0.6) is 0 Å². The van der Waals surface area contributed by atoms with Gasteiger partial charge in [-0.15, -0.1) is 11.8 Å². The lowest BCUT2D eigenvalue weighted by molar-refractivity contribution is -0.130. The predicted octanol–water partition coefficient (Wildman–Crippen LogP) is 6.87. The number of rotatable bonds is 5. The normalized spacial score (nSPS) is 22.1. The third-order valence-corrected chi connectivity index (χ3v) is 9.91. The number of hydrogen-bond acceptors (Lipinski definition) is 4. The molecule has 0 aromatic heterocycles. The van der Waals surface area contributed by atoms with Crippen LogP contribution in [0.1, 0.15) is 47.2 Å². The van der Waals surface area contributed by atoms with E-state index < -0.39 is 0 Å². The number of anilines is 1. The van der Waals surface area contributed by atoms with Crippen molar-refractivity contribution in [3.8, 4) is 0 Å². The highest BCUT2D eigenvalue weighted by molar-refractivity contribution is 8.04. The van der Waals surface area contributed by atoms with E-state index in [-0.39, 0.29) is 23.7 Å². The largest absolute Gasteiger partial charge is 0.368 e. The lowest BCUT2D eigenvalue weighted by Crippen LogP contribution is -2.50. The molecule has 2 atom stereocenters. The van der Waals surface area contributed by atoms with E-state index in [9.17, 15) is 14.0 Å². The molecule has 6 rings (SSSR count). The van der Waals surface area contributed by atoms with Gasteiger partial charge in [0.25, 0.3) is 11.8 Å². The minimum atomic E-state index is -0.271. The van der Waals surface area contributed by atoms with Gasteiger partial charge in [0, 0.05) is 60.3 Å². The summed E-state index contributed by atoms with van der Waals surface area (Å²) in [6, 6.07) is 22.0. The zero-order valence-corrected chi connectivity index (χ0v) is 24.4. The summed E-state index contributed by atoms with van der Waals surface area (Å²) in [7, 11) is 0. The molecule has 0 N–H and O–H groups in total. The summed E-state index contributed by atoms with van der Waals surface area (Å²) in [5, 5.41) is 1.07. The molecule has 3 aromatic rings. The number of carbonyl (C=O) groups is 2. The maximum atomic E-state index is 13.7. The van der Waals surface area contributed by atoms with Gasteiger partial charge in [-0.05, 0) is 72.5 Å². The molecular formula is C33H33ClFN3O2S. The maximum Gasteiger partial charge on any atom is 0.260 e. The lowest BCUT2D eigenvalue weighted by atomic mass is 9.92. The second kappa shape index (κ2) is 12.3. The number of amides is 2. The summed E-state index contributed by atoms with van der Waals surface area (Å²) in [5.74, 6) is -0.221. The summed E-state index contributed by atoms with van der Waals surface area (Å²) >= 11 is 7.84. The topological polar surface area (TPSA) is 43.9 Å². The molecule has 2 heterocycles. The molecule has 0 bridgehead atoms. The van der Waals surface area contributed by atoms with E-state index in [1.807, 2.05) is 64.4 Å². The molecule has 2 amide bonds. The fourth-order valence-corrected chi connectivity index (χ4v) is 7.70. The van der Waals surface area contributed by atoms with Crippen LogP contribution in [0.15, 0.2) is 77.7 Å². The Morgan fingerprint density at radius 3 is 2.41 bits per heavy atom. The van der Waals surface area contributed by atoms with E-state index in [0.29, 0.717) is 35.5 Å². The second-order valence-electron chi connectivity index (χ2n) is 11.0. The van der Waals surface area contributed by atoms with Gasteiger partial charge in [0.15, 0.2) is 0 Å². The van der Waals surface area contributed by atoms with Gasteiger partial charge in [-0.25, -0.2) is 4.39 Å². The first-order chi connectivity index (χ1) is 19.9. The molecule has 2 unspecified atom stereocenters. The Labute approximate surface area is 250 Å². The van der Waals surface area contributed by atoms with Crippen molar-refractivity contribution in [2.75, 3.05) is 31.1 Å². The third-order valence-electron chi connectivity index (χ3n) is 8.28. The van der Waals surface area contributed by atoms with Crippen LogP contribution in [0, 0.1) is 5.82 Å². The molecule has 212 valence electrons. The van der Waals surface area contributed by atoms with Gasteiger partial charge in [-0.3, -0.25) is 9.59 Å². The van der Waals surface area contributed by atoms with Crippen molar-refractivity contribution in [3.63, 3.8) is 0 Å². The molecule has 2 saturated heterocycles. The average molecular weight is 590 g/mol. The average Bonchev–Trinajstić information content (AvgIpc) is 3.00. The monoisotopic (exact) mass is 589 g/mol. The molecule has 3 aliphatic rings. The Kier molecular flexibility index (Phi) is 8.35. The molecule has 41 heavy (non-hydrogen) atoms. The number of piperazine rings is 1. The van der Waals surface area contributed by atoms with Crippen LogP contribution in [-0.4, -0.2) is 59.1 Å². The van der Waals surface area contributed by atoms with Gasteiger partial charge in [0.05, 0.1) is 4.91 Å². The van der Waals surface area contributed by atoms with E-state index >= 15 is 0 Å².